The number of hydrogen-bond donors (Lipinski definition) is 1. The Morgan fingerprint density at radius 3 is 2.00 bits per heavy atom. The summed E-state index contributed by atoms with van der Waals surface area (Å²) in [7, 11) is 0. The van der Waals surface area contributed by atoms with Crippen molar-refractivity contribution in [1.82, 2.24) is 5.32 Å². The molecular formula is C12H11F3N2O2. The lowest BCUT2D eigenvalue weighted by Crippen LogP contribution is -2.40. The Balaban J connectivity index is 2.34. The van der Waals surface area contributed by atoms with Crippen molar-refractivity contribution < 1.29 is 22.8 Å². The summed E-state index contributed by atoms with van der Waals surface area (Å²) in [6.07, 6.45) is -4.45. The van der Waals surface area contributed by atoms with Gasteiger partial charge in [0.2, 0.25) is 0 Å². The first kappa shape index (κ1) is 13.4. The number of anilines is 1. The smallest absolute Gasteiger partial charge is 0.323 e. The van der Waals surface area contributed by atoms with Crippen LogP contribution >= 0.6 is 0 Å². The van der Waals surface area contributed by atoms with Crippen molar-refractivity contribution in [3.8, 4) is 0 Å². The molecule has 2 rings (SSSR count). The molecule has 102 valence electrons. The van der Waals surface area contributed by atoms with Crippen molar-refractivity contribution in [2.45, 2.75) is 25.6 Å². The number of carbonyl (C=O) groups is 2. The van der Waals surface area contributed by atoms with E-state index >= 15 is 0 Å². The average Bonchev–Trinajstić information content (AvgIpc) is 2.47. The van der Waals surface area contributed by atoms with E-state index in [4.69, 9.17) is 0 Å². The highest BCUT2D eigenvalue weighted by Gasteiger charge is 2.45. The van der Waals surface area contributed by atoms with Crippen molar-refractivity contribution in [3.05, 3.63) is 29.8 Å². The fourth-order valence-electron chi connectivity index (χ4n) is 1.78. The van der Waals surface area contributed by atoms with Gasteiger partial charge in [-0.3, -0.25) is 4.79 Å². The molecule has 1 aliphatic heterocycles. The lowest BCUT2D eigenvalue weighted by Gasteiger charge is -2.16. The Hall–Kier alpha value is -2.05. The molecule has 0 aromatic heterocycles. The third-order valence-corrected chi connectivity index (χ3v) is 2.81. The summed E-state index contributed by atoms with van der Waals surface area (Å²) in [6.45, 7) is 3.05. The van der Waals surface area contributed by atoms with Crippen LogP contribution in [0.5, 0.6) is 0 Å². The van der Waals surface area contributed by atoms with Gasteiger partial charge in [-0.15, -0.1) is 0 Å². The number of carbonyl (C=O) groups excluding carboxylic acids is 2. The van der Waals surface area contributed by atoms with E-state index in [0.717, 1.165) is 29.2 Å². The molecule has 1 fully saturated rings. The van der Waals surface area contributed by atoms with E-state index in [0.29, 0.717) is 0 Å². The quantitative estimate of drug-likeness (QED) is 0.799. The van der Waals surface area contributed by atoms with Crippen LogP contribution in [0.1, 0.15) is 19.4 Å². The van der Waals surface area contributed by atoms with E-state index in [1.807, 2.05) is 0 Å². The molecule has 0 saturated carbocycles. The minimum absolute atomic E-state index is 0.112. The van der Waals surface area contributed by atoms with E-state index < -0.39 is 29.2 Å². The minimum Gasteiger partial charge on any atom is -0.323 e. The number of nitrogens with zero attached hydrogens (tertiary/aromatic N) is 1. The van der Waals surface area contributed by atoms with E-state index in [-0.39, 0.29) is 5.69 Å². The summed E-state index contributed by atoms with van der Waals surface area (Å²) >= 11 is 0. The zero-order valence-electron chi connectivity index (χ0n) is 10.2. The van der Waals surface area contributed by atoms with Crippen LogP contribution in [0.4, 0.5) is 23.7 Å². The summed E-state index contributed by atoms with van der Waals surface area (Å²) in [5.41, 5.74) is -1.77. The lowest BCUT2D eigenvalue weighted by atomic mass is 10.1. The van der Waals surface area contributed by atoms with Crippen molar-refractivity contribution >= 4 is 17.6 Å². The van der Waals surface area contributed by atoms with Crippen LogP contribution in [0, 0.1) is 0 Å². The van der Waals surface area contributed by atoms with Gasteiger partial charge in [-0.2, -0.15) is 13.2 Å². The molecule has 0 aliphatic carbocycles. The SMILES string of the molecule is CC1(C)NC(=O)N(c2ccc(C(F)(F)F)cc2)C1=O. The molecule has 1 aromatic rings. The van der Waals surface area contributed by atoms with Crippen molar-refractivity contribution in [2.24, 2.45) is 0 Å². The Labute approximate surface area is 107 Å². The maximum absolute atomic E-state index is 12.4. The Morgan fingerprint density at radius 2 is 1.63 bits per heavy atom. The summed E-state index contributed by atoms with van der Waals surface area (Å²) in [6, 6.07) is 3.22. The van der Waals surface area contributed by atoms with Crippen LogP contribution in [0.3, 0.4) is 0 Å². The van der Waals surface area contributed by atoms with Crippen LogP contribution < -0.4 is 10.2 Å². The van der Waals surface area contributed by atoms with Gasteiger partial charge < -0.3 is 5.32 Å². The molecule has 19 heavy (non-hydrogen) atoms. The summed E-state index contributed by atoms with van der Waals surface area (Å²) in [5, 5.41) is 2.45. The number of halogens is 3. The maximum Gasteiger partial charge on any atom is 0.416 e. The van der Waals surface area contributed by atoms with Crippen LogP contribution in [-0.4, -0.2) is 17.5 Å². The summed E-state index contributed by atoms with van der Waals surface area (Å²) in [4.78, 5) is 24.4. The first-order chi connectivity index (χ1) is 8.63. The lowest BCUT2D eigenvalue weighted by molar-refractivity contribution is -0.137. The van der Waals surface area contributed by atoms with Crippen LogP contribution in [0.25, 0.3) is 0 Å². The number of alkyl halides is 3. The van der Waals surface area contributed by atoms with Gasteiger partial charge in [-0.1, -0.05) is 0 Å². The van der Waals surface area contributed by atoms with E-state index in [1.54, 1.807) is 0 Å². The molecule has 4 nitrogen and oxygen atoms in total. The standard InChI is InChI=1S/C12H11F3N2O2/c1-11(2)9(18)17(10(19)16-11)8-5-3-7(4-6-8)12(13,14)15/h3-6H,1-2H3,(H,16,19). The second-order valence-corrected chi connectivity index (χ2v) is 4.74. The molecule has 0 radical (unpaired) electrons. The highest BCUT2D eigenvalue weighted by atomic mass is 19.4. The highest BCUT2D eigenvalue weighted by molar-refractivity contribution is 6.22. The molecule has 0 atom stereocenters. The molecule has 0 unspecified atom stereocenters. The second kappa shape index (κ2) is 3.97. The van der Waals surface area contributed by atoms with Gasteiger partial charge in [0.05, 0.1) is 11.3 Å². The predicted molar refractivity (Wildman–Crippen MR) is 61.5 cm³/mol. The second-order valence-electron chi connectivity index (χ2n) is 4.74. The number of rotatable bonds is 1. The maximum atomic E-state index is 12.4. The van der Waals surface area contributed by atoms with Gasteiger partial charge in [-0.05, 0) is 38.1 Å². The molecule has 0 bridgehead atoms. The number of amides is 3. The third kappa shape index (κ3) is 2.27. The molecule has 1 N–H and O–H groups in total. The number of urea groups is 1. The molecular weight excluding hydrogens is 261 g/mol. The highest BCUT2D eigenvalue weighted by Crippen LogP contribution is 2.31. The number of hydrogen-bond acceptors (Lipinski definition) is 2. The third-order valence-electron chi connectivity index (χ3n) is 2.81. The molecule has 1 heterocycles. The number of nitrogens with one attached hydrogen (secondary N) is 1. The molecule has 3 amide bonds. The summed E-state index contributed by atoms with van der Waals surface area (Å²) < 4.78 is 37.2. The van der Waals surface area contributed by atoms with Gasteiger partial charge in [0.1, 0.15) is 5.54 Å². The van der Waals surface area contributed by atoms with Gasteiger partial charge in [0.15, 0.2) is 0 Å². The first-order valence-electron chi connectivity index (χ1n) is 5.47. The molecule has 1 aromatic carbocycles. The van der Waals surface area contributed by atoms with Crippen molar-refractivity contribution in [1.29, 1.82) is 0 Å². The predicted octanol–water partition coefficient (Wildman–Crippen LogP) is 2.54. The Kier molecular flexibility index (Phi) is 2.80. The van der Waals surface area contributed by atoms with Crippen LogP contribution in [0.2, 0.25) is 0 Å². The fourth-order valence-corrected chi connectivity index (χ4v) is 1.78. The number of benzene rings is 1. The minimum atomic E-state index is -4.45. The normalized spacial score (nSPS) is 18.7. The van der Waals surface area contributed by atoms with E-state index in [9.17, 15) is 22.8 Å². The molecule has 7 heteroatoms. The largest absolute Gasteiger partial charge is 0.416 e. The van der Waals surface area contributed by atoms with E-state index in [2.05, 4.69) is 5.32 Å². The summed E-state index contributed by atoms with van der Waals surface area (Å²) in [5.74, 6) is -0.503. The van der Waals surface area contributed by atoms with Gasteiger partial charge in [0, 0.05) is 0 Å². The van der Waals surface area contributed by atoms with Crippen molar-refractivity contribution in [2.75, 3.05) is 4.90 Å². The Morgan fingerprint density at radius 1 is 1.11 bits per heavy atom. The zero-order chi connectivity index (χ0) is 14.4. The van der Waals surface area contributed by atoms with Crippen LogP contribution in [0.15, 0.2) is 24.3 Å². The Bertz CT molecular complexity index is 535. The van der Waals surface area contributed by atoms with Gasteiger partial charge in [0.25, 0.3) is 5.91 Å². The van der Waals surface area contributed by atoms with E-state index in [1.165, 1.54) is 13.8 Å². The first-order valence-corrected chi connectivity index (χ1v) is 5.47. The van der Waals surface area contributed by atoms with Gasteiger partial charge >= 0.3 is 12.2 Å². The molecule has 1 saturated heterocycles. The fraction of sp³-hybridized carbons (Fsp3) is 0.333. The van der Waals surface area contributed by atoms with Crippen molar-refractivity contribution in [3.63, 3.8) is 0 Å². The topological polar surface area (TPSA) is 49.4 Å². The molecule has 1 aliphatic rings. The molecule has 0 spiro atoms. The zero-order valence-corrected chi connectivity index (χ0v) is 10.2. The number of imide groups is 1. The van der Waals surface area contributed by atoms with Gasteiger partial charge in [-0.25, -0.2) is 9.69 Å². The van der Waals surface area contributed by atoms with Crippen LogP contribution in [-0.2, 0) is 11.0 Å². The average molecular weight is 272 g/mol. The monoisotopic (exact) mass is 272 g/mol.